The Kier molecular flexibility index (Phi) is 4.11. The van der Waals surface area contributed by atoms with Gasteiger partial charge in [-0.15, -0.1) is 11.3 Å². The van der Waals surface area contributed by atoms with Crippen LogP contribution < -0.4 is 5.32 Å². The molecule has 2 aliphatic heterocycles. The van der Waals surface area contributed by atoms with Crippen molar-refractivity contribution in [3.63, 3.8) is 0 Å². The van der Waals surface area contributed by atoms with E-state index in [2.05, 4.69) is 5.32 Å². The van der Waals surface area contributed by atoms with Crippen LogP contribution in [-0.2, 0) is 23.0 Å². The summed E-state index contributed by atoms with van der Waals surface area (Å²) < 4.78 is 27.3. The van der Waals surface area contributed by atoms with Crippen molar-refractivity contribution in [1.29, 1.82) is 0 Å². The summed E-state index contributed by atoms with van der Waals surface area (Å²) in [6.45, 7) is 3.43. The van der Waals surface area contributed by atoms with Crippen molar-refractivity contribution in [3.05, 3.63) is 28.2 Å². The van der Waals surface area contributed by atoms with Gasteiger partial charge >= 0.3 is 5.97 Å². The van der Waals surface area contributed by atoms with E-state index in [4.69, 9.17) is 0 Å². The molecule has 0 saturated heterocycles. The molecule has 2 N–H and O–H groups in total. The highest BCUT2D eigenvalue weighted by Gasteiger charge is 2.38. The predicted molar refractivity (Wildman–Crippen MR) is 83.8 cm³/mol. The SMILES string of the molecule is CC[C@@H]1C=CCN1S(=O)(=O)c1sc2c(c1C(=O)O)CCNC2. The van der Waals surface area contributed by atoms with Crippen LogP contribution >= 0.6 is 11.3 Å². The second-order valence-corrected chi connectivity index (χ2v) is 8.57. The Morgan fingerprint density at radius 1 is 1.55 bits per heavy atom. The van der Waals surface area contributed by atoms with Crippen molar-refractivity contribution in [2.45, 2.75) is 36.6 Å². The molecular formula is C14H18N2O4S2. The Hall–Kier alpha value is -1.22. The molecule has 0 unspecified atom stereocenters. The molecular weight excluding hydrogens is 324 g/mol. The first-order valence-electron chi connectivity index (χ1n) is 7.23. The van der Waals surface area contributed by atoms with Gasteiger partial charge in [-0.05, 0) is 24.9 Å². The number of carboxylic acid groups (broad SMARTS) is 1. The van der Waals surface area contributed by atoms with Gasteiger partial charge in [0.1, 0.15) is 4.21 Å². The number of rotatable bonds is 4. The second kappa shape index (κ2) is 5.77. The number of fused-ring (bicyclic) bond motifs is 1. The van der Waals surface area contributed by atoms with Crippen molar-refractivity contribution >= 4 is 27.3 Å². The molecule has 6 nitrogen and oxygen atoms in total. The Morgan fingerprint density at radius 2 is 2.32 bits per heavy atom. The molecule has 22 heavy (non-hydrogen) atoms. The van der Waals surface area contributed by atoms with E-state index in [9.17, 15) is 18.3 Å². The summed E-state index contributed by atoms with van der Waals surface area (Å²) >= 11 is 1.10. The van der Waals surface area contributed by atoms with E-state index >= 15 is 0 Å². The summed E-state index contributed by atoms with van der Waals surface area (Å²) in [7, 11) is -3.79. The molecule has 3 heterocycles. The van der Waals surface area contributed by atoms with Crippen LogP contribution in [0.3, 0.4) is 0 Å². The van der Waals surface area contributed by atoms with E-state index in [1.54, 1.807) is 0 Å². The third kappa shape index (κ3) is 2.40. The molecule has 120 valence electrons. The van der Waals surface area contributed by atoms with Crippen LogP contribution in [0.5, 0.6) is 0 Å². The third-order valence-corrected chi connectivity index (χ3v) is 7.70. The third-order valence-electron chi connectivity index (χ3n) is 4.08. The number of nitrogens with zero attached hydrogens (tertiary/aromatic N) is 1. The molecule has 0 radical (unpaired) electrons. The number of sulfonamides is 1. The molecule has 1 aromatic heterocycles. The van der Waals surface area contributed by atoms with E-state index in [0.29, 0.717) is 38.0 Å². The maximum absolute atomic E-state index is 13.0. The Balaban J connectivity index is 2.11. The molecule has 0 amide bonds. The summed E-state index contributed by atoms with van der Waals surface area (Å²) in [5.41, 5.74) is 0.651. The van der Waals surface area contributed by atoms with E-state index in [-0.39, 0.29) is 15.8 Å². The van der Waals surface area contributed by atoms with Gasteiger partial charge < -0.3 is 10.4 Å². The van der Waals surface area contributed by atoms with Gasteiger partial charge in [-0.2, -0.15) is 4.31 Å². The summed E-state index contributed by atoms with van der Waals surface area (Å²) in [4.78, 5) is 12.5. The number of hydrogen-bond acceptors (Lipinski definition) is 5. The number of aromatic carboxylic acids is 1. The van der Waals surface area contributed by atoms with Crippen LogP contribution in [-0.4, -0.2) is 42.9 Å². The van der Waals surface area contributed by atoms with Crippen molar-refractivity contribution in [2.75, 3.05) is 13.1 Å². The molecule has 1 atom stereocenters. The summed E-state index contributed by atoms with van der Waals surface area (Å²) in [6.07, 6.45) is 4.91. The Bertz CT molecular complexity index is 736. The van der Waals surface area contributed by atoms with Gasteiger partial charge in [0.15, 0.2) is 0 Å². The Labute approximate surface area is 133 Å². The minimum atomic E-state index is -3.79. The second-order valence-electron chi connectivity index (χ2n) is 5.38. The van der Waals surface area contributed by atoms with Crippen LogP contribution in [0.2, 0.25) is 0 Å². The number of carbonyl (C=O) groups is 1. The van der Waals surface area contributed by atoms with Crippen LogP contribution in [0.4, 0.5) is 0 Å². The molecule has 8 heteroatoms. The van der Waals surface area contributed by atoms with Gasteiger partial charge in [0.05, 0.1) is 5.56 Å². The zero-order valence-electron chi connectivity index (χ0n) is 12.2. The average molecular weight is 342 g/mol. The summed E-state index contributed by atoms with van der Waals surface area (Å²) in [5.74, 6) is -1.15. The lowest BCUT2D eigenvalue weighted by Gasteiger charge is -2.22. The van der Waals surface area contributed by atoms with E-state index in [1.165, 1.54) is 4.31 Å². The lowest BCUT2D eigenvalue weighted by molar-refractivity contribution is 0.0692. The first-order chi connectivity index (χ1) is 10.5. The van der Waals surface area contributed by atoms with E-state index in [1.807, 2.05) is 19.1 Å². The summed E-state index contributed by atoms with van der Waals surface area (Å²) in [5, 5.41) is 12.7. The van der Waals surface area contributed by atoms with Crippen molar-refractivity contribution < 1.29 is 18.3 Å². The fourth-order valence-electron chi connectivity index (χ4n) is 2.98. The molecule has 1 aromatic rings. The molecule has 0 bridgehead atoms. The van der Waals surface area contributed by atoms with Crippen LogP contribution in [0.15, 0.2) is 16.4 Å². The predicted octanol–water partition coefficient (Wildman–Crippen LogP) is 1.43. The maximum atomic E-state index is 13.0. The molecule has 0 aliphatic carbocycles. The lowest BCUT2D eigenvalue weighted by atomic mass is 10.1. The van der Waals surface area contributed by atoms with Crippen molar-refractivity contribution in [3.8, 4) is 0 Å². The van der Waals surface area contributed by atoms with E-state index < -0.39 is 16.0 Å². The monoisotopic (exact) mass is 342 g/mol. The van der Waals surface area contributed by atoms with Crippen molar-refractivity contribution in [1.82, 2.24) is 9.62 Å². The first-order valence-corrected chi connectivity index (χ1v) is 9.49. The minimum Gasteiger partial charge on any atom is -0.478 e. The average Bonchev–Trinajstić information content (AvgIpc) is 3.11. The van der Waals surface area contributed by atoms with E-state index in [0.717, 1.165) is 16.2 Å². The quantitative estimate of drug-likeness (QED) is 0.809. The van der Waals surface area contributed by atoms with Gasteiger partial charge in [-0.3, -0.25) is 0 Å². The molecule has 0 spiro atoms. The van der Waals surface area contributed by atoms with Gasteiger partial charge in [-0.25, -0.2) is 13.2 Å². The van der Waals surface area contributed by atoms with Gasteiger partial charge in [0.2, 0.25) is 0 Å². The lowest BCUT2D eigenvalue weighted by Crippen LogP contribution is -2.36. The molecule has 0 saturated carbocycles. The number of carboxylic acids is 1. The fraction of sp³-hybridized carbons (Fsp3) is 0.500. The molecule has 2 aliphatic rings. The minimum absolute atomic E-state index is 0.0177. The number of hydrogen-bond donors (Lipinski definition) is 2. The normalized spacial score (nSPS) is 22.0. The van der Waals surface area contributed by atoms with Crippen LogP contribution in [0.1, 0.15) is 34.1 Å². The zero-order valence-corrected chi connectivity index (χ0v) is 13.8. The van der Waals surface area contributed by atoms with Gasteiger partial charge in [0.25, 0.3) is 10.0 Å². The summed E-state index contributed by atoms with van der Waals surface area (Å²) in [6, 6.07) is -0.191. The molecule has 0 fully saturated rings. The smallest absolute Gasteiger partial charge is 0.338 e. The van der Waals surface area contributed by atoms with Gasteiger partial charge in [-0.1, -0.05) is 19.1 Å². The molecule has 3 rings (SSSR count). The zero-order chi connectivity index (χ0) is 15.9. The maximum Gasteiger partial charge on any atom is 0.338 e. The van der Waals surface area contributed by atoms with Crippen LogP contribution in [0.25, 0.3) is 0 Å². The molecule has 0 aromatic carbocycles. The number of thiophene rings is 1. The van der Waals surface area contributed by atoms with Gasteiger partial charge in [0, 0.05) is 24.0 Å². The van der Waals surface area contributed by atoms with Crippen molar-refractivity contribution in [2.24, 2.45) is 0 Å². The fourth-order valence-corrected chi connectivity index (χ4v) is 6.57. The number of nitrogens with one attached hydrogen (secondary N) is 1. The largest absolute Gasteiger partial charge is 0.478 e. The highest BCUT2D eigenvalue weighted by molar-refractivity contribution is 7.91. The highest BCUT2D eigenvalue weighted by Crippen LogP contribution is 2.37. The highest BCUT2D eigenvalue weighted by atomic mass is 32.2. The standard InChI is InChI=1S/C14H18N2O4S2/c1-2-9-4-3-7-16(9)22(19,20)14-12(13(17)18)10-5-6-15-8-11(10)21-14/h3-4,9,15H,2,5-8H2,1H3,(H,17,18)/t9-/m1/s1. The van der Waals surface area contributed by atoms with Crippen LogP contribution in [0, 0.1) is 0 Å². The Morgan fingerprint density at radius 3 is 3.00 bits per heavy atom. The topological polar surface area (TPSA) is 86.7 Å². The first kappa shape index (κ1) is 15.7.